The van der Waals surface area contributed by atoms with Crippen LogP contribution in [0.25, 0.3) is 0 Å². The highest BCUT2D eigenvalue weighted by atomic mass is 16.5. The molecule has 1 heterocycles. The number of methoxy groups -OCH3 is 1. The molecule has 0 saturated carbocycles. The van der Waals surface area contributed by atoms with E-state index in [1.807, 2.05) is 25.1 Å². The van der Waals surface area contributed by atoms with E-state index in [2.05, 4.69) is 4.90 Å². The van der Waals surface area contributed by atoms with Crippen LogP contribution in [0.4, 0.5) is 5.69 Å². The molecule has 1 aliphatic heterocycles. The first-order valence-corrected chi connectivity index (χ1v) is 7.32. The molecular weight excluding hydrogens is 254 g/mol. The molecule has 4 nitrogen and oxygen atoms in total. The molecule has 0 bridgehead atoms. The van der Waals surface area contributed by atoms with Gasteiger partial charge in [-0.05, 0) is 44.7 Å². The van der Waals surface area contributed by atoms with E-state index in [-0.39, 0.29) is 6.10 Å². The number of ether oxygens (including phenoxy) is 1. The third kappa shape index (κ3) is 3.07. The first kappa shape index (κ1) is 15.1. The van der Waals surface area contributed by atoms with Crippen LogP contribution < -0.4 is 9.64 Å². The second-order valence-corrected chi connectivity index (χ2v) is 5.63. The second kappa shape index (κ2) is 6.46. The zero-order chi connectivity index (χ0) is 14.7. The van der Waals surface area contributed by atoms with Crippen molar-refractivity contribution >= 4 is 5.69 Å². The van der Waals surface area contributed by atoms with E-state index < -0.39 is 6.10 Å². The number of piperidine rings is 1. The van der Waals surface area contributed by atoms with Gasteiger partial charge in [0.25, 0.3) is 0 Å². The Kier molecular flexibility index (Phi) is 4.89. The lowest BCUT2D eigenvalue weighted by Gasteiger charge is -2.36. The number of anilines is 1. The zero-order valence-corrected chi connectivity index (χ0v) is 12.5. The molecule has 1 aromatic carbocycles. The SMILES string of the molecule is COc1cccc(N2CCC(C(C)O)CC2)c1C(C)O. The highest BCUT2D eigenvalue weighted by Crippen LogP contribution is 2.36. The Hall–Kier alpha value is -1.26. The smallest absolute Gasteiger partial charge is 0.126 e. The van der Waals surface area contributed by atoms with Gasteiger partial charge in [0.1, 0.15) is 5.75 Å². The molecule has 2 atom stereocenters. The van der Waals surface area contributed by atoms with Gasteiger partial charge in [-0.25, -0.2) is 0 Å². The molecule has 1 saturated heterocycles. The van der Waals surface area contributed by atoms with Gasteiger partial charge in [0.2, 0.25) is 0 Å². The van der Waals surface area contributed by atoms with Crippen molar-refractivity contribution in [1.82, 2.24) is 0 Å². The Morgan fingerprint density at radius 3 is 2.35 bits per heavy atom. The minimum atomic E-state index is -0.560. The molecule has 2 N–H and O–H groups in total. The average molecular weight is 279 g/mol. The summed E-state index contributed by atoms with van der Waals surface area (Å²) in [6, 6.07) is 5.88. The lowest BCUT2D eigenvalue weighted by molar-refractivity contribution is 0.109. The standard InChI is InChI=1S/C16H25NO3/c1-11(18)13-7-9-17(10-8-13)14-5-4-6-15(20-3)16(14)12(2)19/h4-6,11-13,18-19H,7-10H2,1-3H3. The quantitative estimate of drug-likeness (QED) is 0.888. The van der Waals surface area contributed by atoms with Crippen molar-refractivity contribution in [3.8, 4) is 5.75 Å². The van der Waals surface area contributed by atoms with Gasteiger partial charge in [-0.15, -0.1) is 0 Å². The van der Waals surface area contributed by atoms with Crippen molar-refractivity contribution in [2.75, 3.05) is 25.1 Å². The Morgan fingerprint density at radius 2 is 1.85 bits per heavy atom. The maximum Gasteiger partial charge on any atom is 0.126 e. The number of hydrogen-bond donors (Lipinski definition) is 2. The third-order valence-corrected chi connectivity index (χ3v) is 4.24. The molecule has 1 fully saturated rings. The fourth-order valence-electron chi connectivity index (χ4n) is 3.03. The fraction of sp³-hybridized carbons (Fsp3) is 0.625. The van der Waals surface area contributed by atoms with Crippen molar-refractivity contribution in [2.24, 2.45) is 5.92 Å². The summed E-state index contributed by atoms with van der Waals surface area (Å²) in [6.07, 6.45) is 1.16. The highest BCUT2D eigenvalue weighted by molar-refractivity contribution is 5.60. The van der Waals surface area contributed by atoms with Crippen LogP contribution >= 0.6 is 0 Å². The topological polar surface area (TPSA) is 52.9 Å². The monoisotopic (exact) mass is 279 g/mol. The molecule has 2 unspecified atom stereocenters. The van der Waals surface area contributed by atoms with Crippen molar-refractivity contribution in [2.45, 2.75) is 38.9 Å². The zero-order valence-electron chi connectivity index (χ0n) is 12.5. The summed E-state index contributed by atoms with van der Waals surface area (Å²) in [6.45, 7) is 5.45. The maximum atomic E-state index is 10.0. The predicted molar refractivity (Wildman–Crippen MR) is 80.2 cm³/mol. The first-order chi connectivity index (χ1) is 9.54. The van der Waals surface area contributed by atoms with Crippen molar-refractivity contribution in [1.29, 1.82) is 0 Å². The van der Waals surface area contributed by atoms with E-state index in [9.17, 15) is 10.2 Å². The molecule has 112 valence electrons. The first-order valence-electron chi connectivity index (χ1n) is 7.32. The van der Waals surface area contributed by atoms with E-state index >= 15 is 0 Å². The lowest BCUT2D eigenvalue weighted by atomic mass is 9.91. The van der Waals surface area contributed by atoms with Crippen LogP contribution in [0.15, 0.2) is 18.2 Å². The van der Waals surface area contributed by atoms with Gasteiger partial charge < -0.3 is 19.8 Å². The van der Waals surface area contributed by atoms with Gasteiger partial charge in [0.05, 0.1) is 19.3 Å². The number of hydrogen-bond acceptors (Lipinski definition) is 4. The lowest BCUT2D eigenvalue weighted by Crippen LogP contribution is -2.37. The highest BCUT2D eigenvalue weighted by Gasteiger charge is 2.25. The summed E-state index contributed by atoms with van der Waals surface area (Å²) in [5.41, 5.74) is 1.90. The van der Waals surface area contributed by atoms with Crippen molar-refractivity contribution < 1.29 is 14.9 Å². The minimum Gasteiger partial charge on any atom is -0.496 e. The molecule has 2 rings (SSSR count). The summed E-state index contributed by atoms with van der Waals surface area (Å²) in [4.78, 5) is 2.28. The largest absolute Gasteiger partial charge is 0.496 e. The maximum absolute atomic E-state index is 10.0. The number of aliphatic hydroxyl groups is 2. The van der Waals surface area contributed by atoms with Crippen LogP contribution in [0.5, 0.6) is 5.75 Å². The molecule has 0 aromatic heterocycles. The molecule has 0 spiro atoms. The van der Waals surface area contributed by atoms with Gasteiger partial charge in [-0.1, -0.05) is 6.07 Å². The van der Waals surface area contributed by atoms with Crippen LogP contribution in [0.3, 0.4) is 0 Å². The molecule has 1 aliphatic rings. The van der Waals surface area contributed by atoms with Crippen LogP contribution in [-0.2, 0) is 0 Å². The van der Waals surface area contributed by atoms with Gasteiger partial charge in [0.15, 0.2) is 0 Å². The number of nitrogens with zero attached hydrogens (tertiary/aromatic N) is 1. The average Bonchev–Trinajstić information content (AvgIpc) is 2.46. The Morgan fingerprint density at radius 1 is 1.20 bits per heavy atom. The summed E-state index contributed by atoms with van der Waals surface area (Å²) in [5, 5.41) is 19.7. The molecule has 0 radical (unpaired) electrons. The number of benzene rings is 1. The summed E-state index contributed by atoms with van der Waals surface area (Å²) >= 11 is 0. The summed E-state index contributed by atoms with van der Waals surface area (Å²) < 4.78 is 5.37. The Labute approximate surface area is 121 Å². The van der Waals surface area contributed by atoms with E-state index in [0.29, 0.717) is 5.92 Å². The Balaban J connectivity index is 2.21. The van der Waals surface area contributed by atoms with Crippen LogP contribution in [0.1, 0.15) is 38.4 Å². The molecule has 0 aliphatic carbocycles. The van der Waals surface area contributed by atoms with Crippen LogP contribution in [0, 0.1) is 5.92 Å². The molecule has 0 amide bonds. The third-order valence-electron chi connectivity index (χ3n) is 4.24. The molecule has 1 aromatic rings. The normalized spacial score (nSPS) is 19.8. The van der Waals surface area contributed by atoms with Crippen molar-refractivity contribution in [3.05, 3.63) is 23.8 Å². The van der Waals surface area contributed by atoms with Gasteiger partial charge in [-0.2, -0.15) is 0 Å². The van der Waals surface area contributed by atoms with E-state index in [1.165, 1.54) is 0 Å². The second-order valence-electron chi connectivity index (χ2n) is 5.63. The fourth-order valence-corrected chi connectivity index (χ4v) is 3.03. The Bertz CT molecular complexity index is 437. The van der Waals surface area contributed by atoms with Crippen LogP contribution in [-0.4, -0.2) is 36.5 Å². The van der Waals surface area contributed by atoms with Gasteiger partial charge in [-0.3, -0.25) is 0 Å². The van der Waals surface area contributed by atoms with E-state index in [4.69, 9.17) is 4.74 Å². The number of rotatable bonds is 4. The van der Waals surface area contributed by atoms with E-state index in [1.54, 1.807) is 14.0 Å². The molecular formula is C16H25NO3. The molecule has 20 heavy (non-hydrogen) atoms. The molecule has 4 heteroatoms. The minimum absolute atomic E-state index is 0.237. The number of aliphatic hydroxyl groups excluding tert-OH is 2. The van der Waals surface area contributed by atoms with Crippen molar-refractivity contribution in [3.63, 3.8) is 0 Å². The van der Waals surface area contributed by atoms with Crippen LogP contribution in [0.2, 0.25) is 0 Å². The summed E-state index contributed by atoms with van der Waals surface area (Å²) in [7, 11) is 1.63. The van der Waals surface area contributed by atoms with Gasteiger partial charge >= 0.3 is 0 Å². The predicted octanol–water partition coefficient (Wildman–Crippen LogP) is 2.35. The van der Waals surface area contributed by atoms with E-state index in [0.717, 1.165) is 42.9 Å². The van der Waals surface area contributed by atoms with Gasteiger partial charge in [0, 0.05) is 24.3 Å². The summed E-state index contributed by atoms with van der Waals surface area (Å²) in [5.74, 6) is 1.11.